The van der Waals surface area contributed by atoms with Crippen molar-refractivity contribution in [2.45, 2.75) is 11.8 Å². The lowest BCUT2D eigenvalue weighted by Crippen LogP contribution is -2.13. The number of benzene rings is 3. The Hall–Kier alpha value is -2.79. The van der Waals surface area contributed by atoms with Crippen LogP contribution in [0.2, 0.25) is 0 Å². The van der Waals surface area contributed by atoms with E-state index in [0.717, 1.165) is 16.7 Å². The predicted octanol–water partition coefficient (Wildman–Crippen LogP) is 4.47. The van der Waals surface area contributed by atoms with E-state index in [1.54, 1.807) is 49.6 Å². The number of hydrogen-bond acceptors (Lipinski definition) is 3. The number of nitrogens with one attached hydrogen (secondary N) is 1. The zero-order valence-corrected chi connectivity index (χ0v) is 14.9. The average Bonchev–Trinajstić information content (AvgIpc) is 2.62. The van der Waals surface area contributed by atoms with Crippen molar-refractivity contribution in [2.75, 3.05) is 11.8 Å². The number of rotatable bonds is 5. The molecule has 0 bridgehead atoms. The summed E-state index contributed by atoms with van der Waals surface area (Å²) < 4.78 is 33.2. The number of hydrogen-bond donors (Lipinski definition) is 1. The van der Waals surface area contributed by atoms with Gasteiger partial charge < -0.3 is 4.74 Å². The van der Waals surface area contributed by atoms with Gasteiger partial charge in [0.15, 0.2) is 0 Å². The van der Waals surface area contributed by atoms with Gasteiger partial charge in [-0.1, -0.05) is 48.0 Å². The Morgan fingerprint density at radius 3 is 2.20 bits per heavy atom. The van der Waals surface area contributed by atoms with Crippen molar-refractivity contribution in [1.82, 2.24) is 0 Å². The summed E-state index contributed by atoms with van der Waals surface area (Å²) in [6.07, 6.45) is 0. The molecular weight excluding hydrogens is 334 g/mol. The highest BCUT2D eigenvalue weighted by atomic mass is 32.2. The number of methoxy groups -OCH3 is 1. The van der Waals surface area contributed by atoms with Gasteiger partial charge in [-0.2, -0.15) is 0 Å². The average molecular weight is 353 g/mol. The fourth-order valence-corrected chi connectivity index (χ4v) is 3.60. The molecule has 0 saturated carbocycles. The summed E-state index contributed by atoms with van der Waals surface area (Å²) in [5.74, 6) is 0.685. The van der Waals surface area contributed by atoms with E-state index < -0.39 is 10.0 Å². The summed E-state index contributed by atoms with van der Waals surface area (Å²) in [5.41, 5.74) is 3.28. The highest BCUT2D eigenvalue weighted by Crippen LogP contribution is 2.33. The summed E-state index contributed by atoms with van der Waals surface area (Å²) in [5, 5.41) is 0. The van der Waals surface area contributed by atoms with Gasteiger partial charge in [-0.25, -0.2) is 8.42 Å². The van der Waals surface area contributed by atoms with Crippen molar-refractivity contribution < 1.29 is 13.2 Å². The predicted molar refractivity (Wildman–Crippen MR) is 100 cm³/mol. The molecule has 3 rings (SSSR count). The maximum Gasteiger partial charge on any atom is 0.261 e. The van der Waals surface area contributed by atoms with Crippen molar-refractivity contribution in [3.63, 3.8) is 0 Å². The molecule has 0 aromatic heterocycles. The Bertz CT molecular complexity index is 966. The van der Waals surface area contributed by atoms with E-state index in [4.69, 9.17) is 4.74 Å². The smallest absolute Gasteiger partial charge is 0.261 e. The second-order valence-electron chi connectivity index (χ2n) is 5.70. The first-order chi connectivity index (χ1) is 12.0. The lowest BCUT2D eigenvalue weighted by molar-refractivity contribution is 0.416. The second kappa shape index (κ2) is 6.99. The number of anilines is 1. The van der Waals surface area contributed by atoms with Crippen molar-refractivity contribution in [2.24, 2.45) is 0 Å². The van der Waals surface area contributed by atoms with Crippen molar-refractivity contribution in [3.8, 4) is 16.9 Å². The third-order valence-corrected chi connectivity index (χ3v) is 5.26. The zero-order chi connectivity index (χ0) is 17.9. The quantitative estimate of drug-likeness (QED) is 0.736. The van der Waals surface area contributed by atoms with E-state index in [9.17, 15) is 8.42 Å². The fourth-order valence-electron chi connectivity index (χ4n) is 2.55. The van der Waals surface area contributed by atoms with Crippen LogP contribution in [0.5, 0.6) is 5.75 Å². The zero-order valence-electron chi connectivity index (χ0n) is 14.1. The third kappa shape index (κ3) is 3.83. The minimum absolute atomic E-state index is 0.232. The van der Waals surface area contributed by atoms with Crippen LogP contribution >= 0.6 is 0 Å². The van der Waals surface area contributed by atoms with Gasteiger partial charge in [0.25, 0.3) is 10.0 Å². The molecule has 1 N–H and O–H groups in total. The number of aryl methyl sites for hydroxylation is 1. The van der Waals surface area contributed by atoms with Gasteiger partial charge in [-0.15, -0.1) is 0 Å². The van der Waals surface area contributed by atoms with E-state index in [0.29, 0.717) is 11.4 Å². The molecule has 0 spiro atoms. The Morgan fingerprint density at radius 2 is 1.56 bits per heavy atom. The molecule has 0 aliphatic heterocycles. The topological polar surface area (TPSA) is 55.4 Å². The Morgan fingerprint density at radius 1 is 0.880 bits per heavy atom. The largest absolute Gasteiger partial charge is 0.496 e. The van der Waals surface area contributed by atoms with E-state index in [1.807, 2.05) is 37.3 Å². The molecule has 25 heavy (non-hydrogen) atoms. The molecule has 0 amide bonds. The fraction of sp³-hybridized carbons (Fsp3) is 0.100. The van der Waals surface area contributed by atoms with Crippen LogP contribution in [0.25, 0.3) is 11.1 Å². The molecule has 5 heteroatoms. The summed E-state index contributed by atoms with van der Waals surface area (Å²) in [4.78, 5) is 0.232. The van der Waals surface area contributed by atoms with Crippen LogP contribution in [0.3, 0.4) is 0 Å². The Kier molecular flexibility index (Phi) is 4.76. The Labute approximate surface area is 148 Å². The third-order valence-electron chi connectivity index (χ3n) is 3.87. The van der Waals surface area contributed by atoms with E-state index in [1.165, 1.54) is 0 Å². The highest BCUT2D eigenvalue weighted by Gasteiger charge is 2.15. The van der Waals surface area contributed by atoms with Gasteiger partial charge in [0.2, 0.25) is 0 Å². The number of ether oxygens (including phenoxy) is 1. The number of sulfonamides is 1. The van der Waals surface area contributed by atoms with Crippen LogP contribution in [0.1, 0.15) is 5.56 Å². The first-order valence-corrected chi connectivity index (χ1v) is 9.31. The molecular formula is C20H19NO3S. The summed E-state index contributed by atoms with van der Waals surface area (Å²) >= 11 is 0. The van der Waals surface area contributed by atoms with Crippen LogP contribution in [0, 0.1) is 6.92 Å². The first kappa shape index (κ1) is 17.0. The lowest BCUT2D eigenvalue weighted by atomic mass is 10.0. The van der Waals surface area contributed by atoms with E-state index >= 15 is 0 Å². The van der Waals surface area contributed by atoms with Crippen molar-refractivity contribution in [3.05, 3.63) is 78.4 Å². The van der Waals surface area contributed by atoms with Crippen LogP contribution < -0.4 is 9.46 Å². The molecule has 0 radical (unpaired) electrons. The second-order valence-corrected chi connectivity index (χ2v) is 7.38. The van der Waals surface area contributed by atoms with E-state index in [2.05, 4.69) is 4.72 Å². The molecule has 0 aliphatic carbocycles. The molecule has 0 atom stereocenters. The van der Waals surface area contributed by atoms with Gasteiger partial charge in [0.05, 0.1) is 12.0 Å². The molecule has 3 aromatic rings. The summed E-state index contributed by atoms with van der Waals surface area (Å²) in [7, 11) is -2.04. The molecule has 0 aliphatic rings. The van der Waals surface area contributed by atoms with Crippen LogP contribution in [0.4, 0.5) is 5.69 Å². The SMILES string of the molecule is COc1ccc(NS(=O)(=O)c2ccc(C)cc2)cc1-c1ccccc1. The minimum Gasteiger partial charge on any atom is -0.496 e. The molecule has 128 valence electrons. The van der Waals surface area contributed by atoms with Crippen molar-refractivity contribution in [1.29, 1.82) is 0 Å². The minimum atomic E-state index is -3.64. The highest BCUT2D eigenvalue weighted by molar-refractivity contribution is 7.92. The normalized spacial score (nSPS) is 11.1. The van der Waals surface area contributed by atoms with Gasteiger partial charge in [0, 0.05) is 11.3 Å². The lowest BCUT2D eigenvalue weighted by Gasteiger charge is -2.13. The first-order valence-electron chi connectivity index (χ1n) is 7.82. The molecule has 0 fully saturated rings. The Balaban J connectivity index is 1.97. The van der Waals surface area contributed by atoms with Crippen LogP contribution in [-0.4, -0.2) is 15.5 Å². The summed E-state index contributed by atoms with van der Waals surface area (Å²) in [6.45, 7) is 1.92. The van der Waals surface area contributed by atoms with Gasteiger partial charge in [-0.3, -0.25) is 4.72 Å². The van der Waals surface area contributed by atoms with Crippen LogP contribution in [-0.2, 0) is 10.0 Å². The van der Waals surface area contributed by atoms with Gasteiger partial charge in [-0.05, 0) is 42.8 Å². The monoisotopic (exact) mass is 353 g/mol. The molecule has 3 aromatic carbocycles. The maximum absolute atomic E-state index is 12.6. The van der Waals surface area contributed by atoms with Crippen LogP contribution in [0.15, 0.2) is 77.7 Å². The van der Waals surface area contributed by atoms with Gasteiger partial charge >= 0.3 is 0 Å². The van der Waals surface area contributed by atoms with Crippen molar-refractivity contribution >= 4 is 15.7 Å². The molecule has 4 nitrogen and oxygen atoms in total. The summed E-state index contributed by atoms with van der Waals surface area (Å²) in [6, 6.07) is 21.7. The molecule has 0 heterocycles. The standard InChI is InChI=1S/C20H19NO3S/c1-15-8-11-18(12-9-15)25(22,23)21-17-10-13-20(24-2)19(14-17)16-6-4-3-5-7-16/h3-14,21H,1-2H3. The molecule has 0 unspecified atom stereocenters. The molecule has 0 saturated heterocycles. The van der Waals surface area contributed by atoms with E-state index in [-0.39, 0.29) is 4.90 Å². The maximum atomic E-state index is 12.6. The van der Waals surface area contributed by atoms with Gasteiger partial charge in [0.1, 0.15) is 5.75 Å².